The number of aryl methyl sites for hydroxylation is 1. The summed E-state index contributed by atoms with van der Waals surface area (Å²) in [4.78, 5) is 11.3. The van der Waals surface area contributed by atoms with Crippen molar-refractivity contribution in [2.75, 3.05) is 12.4 Å². The average molecular weight is 387 g/mol. The van der Waals surface area contributed by atoms with Crippen molar-refractivity contribution in [1.82, 2.24) is 14.8 Å². The number of aliphatic hydroxyl groups excluding tert-OH is 1. The molecule has 1 unspecified atom stereocenters. The maximum atomic E-state index is 11.3. The first kappa shape index (κ1) is 19.2. The van der Waals surface area contributed by atoms with E-state index in [4.69, 9.17) is 9.15 Å². The molecule has 0 fully saturated rings. The monoisotopic (exact) mass is 387 g/mol. The summed E-state index contributed by atoms with van der Waals surface area (Å²) in [6.45, 7) is 3.54. The van der Waals surface area contributed by atoms with E-state index in [0.29, 0.717) is 22.2 Å². The smallest absolute Gasteiger partial charge is 0.191 e. The van der Waals surface area contributed by atoms with Gasteiger partial charge in [-0.05, 0) is 44.2 Å². The van der Waals surface area contributed by atoms with Crippen LogP contribution in [0.2, 0.25) is 0 Å². The molecule has 0 amide bonds. The Morgan fingerprint density at radius 3 is 2.67 bits per heavy atom. The highest BCUT2D eigenvalue weighted by molar-refractivity contribution is 7.99. The van der Waals surface area contributed by atoms with Crippen molar-refractivity contribution in [2.45, 2.75) is 25.1 Å². The van der Waals surface area contributed by atoms with Crippen LogP contribution in [0.15, 0.2) is 46.2 Å². The van der Waals surface area contributed by atoms with Gasteiger partial charge in [-0.25, -0.2) is 0 Å². The van der Waals surface area contributed by atoms with Crippen LogP contribution >= 0.6 is 11.8 Å². The van der Waals surface area contributed by atoms with Gasteiger partial charge in [0.2, 0.25) is 0 Å². The van der Waals surface area contributed by atoms with Gasteiger partial charge in [-0.3, -0.25) is 4.79 Å². The maximum absolute atomic E-state index is 11.3. The number of hydrogen-bond acceptors (Lipinski definition) is 7. The van der Waals surface area contributed by atoms with Crippen LogP contribution in [0.4, 0.5) is 0 Å². The molecule has 27 heavy (non-hydrogen) atoms. The van der Waals surface area contributed by atoms with E-state index < -0.39 is 6.10 Å². The summed E-state index contributed by atoms with van der Waals surface area (Å²) in [5.74, 6) is 2.54. The lowest BCUT2D eigenvalue weighted by molar-refractivity contribution is 0.101. The van der Waals surface area contributed by atoms with Crippen molar-refractivity contribution >= 4 is 17.5 Å². The number of thioether (sulfide) groups is 1. The minimum Gasteiger partial charge on any atom is -0.491 e. The summed E-state index contributed by atoms with van der Waals surface area (Å²) in [6.07, 6.45) is 0.953. The Labute approximate surface area is 161 Å². The first-order valence-corrected chi connectivity index (χ1v) is 9.42. The molecule has 0 aliphatic heterocycles. The Hall–Kier alpha value is -2.58. The molecule has 3 aromatic rings. The Morgan fingerprint density at radius 2 is 2.04 bits per heavy atom. The maximum Gasteiger partial charge on any atom is 0.191 e. The molecule has 1 aromatic carbocycles. The third kappa shape index (κ3) is 4.58. The molecule has 142 valence electrons. The zero-order valence-corrected chi connectivity index (χ0v) is 16.2. The molecule has 2 heterocycles. The number of ketones is 1. The molecule has 7 nitrogen and oxygen atoms in total. The quantitative estimate of drug-likeness (QED) is 0.469. The fraction of sp³-hybridized carbons (Fsp3) is 0.316. The molecule has 0 spiro atoms. The molecule has 0 saturated heterocycles. The van der Waals surface area contributed by atoms with Gasteiger partial charge in [0.25, 0.3) is 0 Å². The number of rotatable bonds is 8. The molecule has 0 aliphatic rings. The van der Waals surface area contributed by atoms with Gasteiger partial charge in [-0.2, -0.15) is 0 Å². The van der Waals surface area contributed by atoms with Crippen LogP contribution in [-0.4, -0.2) is 44.1 Å². The number of carbonyl (C=O) groups is 1. The van der Waals surface area contributed by atoms with Crippen molar-refractivity contribution in [3.63, 3.8) is 0 Å². The van der Waals surface area contributed by atoms with Gasteiger partial charge in [0.05, 0.1) is 17.9 Å². The molecule has 0 saturated carbocycles. The molecular formula is C19H21N3O4S. The van der Waals surface area contributed by atoms with Crippen molar-refractivity contribution in [2.24, 2.45) is 7.05 Å². The van der Waals surface area contributed by atoms with E-state index in [-0.39, 0.29) is 12.4 Å². The molecular weight excluding hydrogens is 366 g/mol. The number of hydrogen-bond donors (Lipinski definition) is 1. The fourth-order valence-corrected chi connectivity index (χ4v) is 3.31. The number of furan rings is 1. The lowest BCUT2D eigenvalue weighted by atomic mass is 10.1. The van der Waals surface area contributed by atoms with Crippen LogP contribution < -0.4 is 4.74 Å². The Balaban J connectivity index is 1.52. The minimum absolute atomic E-state index is 0.00615. The third-order valence-electron chi connectivity index (χ3n) is 4.04. The zero-order valence-electron chi connectivity index (χ0n) is 15.4. The first-order valence-electron chi connectivity index (χ1n) is 8.44. The van der Waals surface area contributed by atoms with Gasteiger partial charge in [0, 0.05) is 18.4 Å². The second kappa shape index (κ2) is 8.41. The van der Waals surface area contributed by atoms with Crippen molar-refractivity contribution in [3.8, 4) is 17.1 Å². The number of aliphatic hydroxyl groups is 1. The van der Waals surface area contributed by atoms with Gasteiger partial charge in [-0.1, -0.05) is 11.8 Å². The predicted molar refractivity (Wildman–Crippen MR) is 102 cm³/mol. The van der Waals surface area contributed by atoms with Gasteiger partial charge in [-0.15, -0.1) is 10.2 Å². The summed E-state index contributed by atoms with van der Waals surface area (Å²) in [5, 5.41) is 19.3. The number of nitrogens with zero attached hydrogens (tertiary/aromatic N) is 3. The molecule has 3 rings (SSSR count). The highest BCUT2D eigenvalue weighted by Gasteiger charge is 2.16. The lowest BCUT2D eigenvalue weighted by Crippen LogP contribution is -2.20. The fourth-order valence-electron chi connectivity index (χ4n) is 2.49. The number of ether oxygens (including phenoxy) is 1. The average Bonchev–Trinajstić information content (AvgIpc) is 3.23. The normalized spacial score (nSPS) is 12.1. The van der Waals surface area contributed by atoms with Crippen molar-refractivity contribution in [3.05, 3.63) is 47.9 Å². The summed E-state index contributed by atoms with van der Waals surface area (Å²) in [7, 11) is 1.88. The number of aromatic nitrogens is 3. The molecule has 8 heteroatoms. The molecule has 1 N–H and O–H groups in total. The summed E-state index contributed by atoms with van der Waals surface area (Å²) < 4.78 is 12.8. The number of Topliss-reactive ketones (excluding diaryl/α,β-unsaturated/α-hetero) is 1. The van der Waals surface area contributed by atoms with Gasteiger partial charge >= 0.3 is 0 Å². The van der Waals surface area contributed by atoms with E-state index in [1.54, 1.807) is 30.5 Å². The predicted octanol–water partition coefficient (Wildman–Crippen LogP) is 3.12. The molecule has 0 radical (unpaired) electrons. The summed E-state index contributed by atoms with van der Waals surface area (Å²) in [5.41, 5.74) is 1.53. The summed E-state index contributed by atoms with van der Waals surface area (Å²) >= 11 is 1.40. The van der Waals surface area contributed by atoms with Gasteiger partial charge in [0.1, 0.15) is 18.1 Å². The minimum atomic E-state index is -0.668. The van der Waals surface area contributed by atoms with Crippen LogP contribution in [-0.2, 0) is 7.05 Å². The van der Waals surface area contributed by atoms with E-state index in [9.17, 15) is 9.90 Å². The zero-order chi connectivity index (χ0) is 19.4. The topological polar surface area (TPSA) is 90.4 Å². The third-order valence-corrected chi connectivity index (χ3v) is 5.21. The van der Waals surface area contributed by atoms with Gasteiger partial charge < -0.3 is 18.8 Å². The van der Waals surface area contributed by atoms with E-state index in [1.165, 1.54) is 18.7 Å². The number of carbonyl (C=O) groups excluding carboxylic acids is 1. The second-order valence-electron chi connectivity index (χ2n) is 6.11. The van der Waals surface area contributed by atoms with E-state index >= 15 is 0 Å². The van der Waals surface area contributed by atoms with Crippen LogP contribution in [0.5, 0.6) is 5.75 Å². The van der Waals surface area contributed by atoms with Crippen molar-refractivity contribution in [1.29, 1.82) is 0 Å². The number of benzene rings is 1. The first-order chi connectivity index (χ1) is 13.0. The Bertz CT molecular complexity index is 917. The second-order valence-corrected chi connectivity index (χ2v) is 7.10. The lowest BCUT2D eigenvalue weighted by Gasteiger charge is -2.12. The van der Waals surface area contributed by atoms with E-state index in [0.717, 1.165) is 17.1 Å². The van der Waals surface area contributed by atoms with E-state index in [1.807, 2.05) is 24.6 Å². The summed E-state index contributed by atoms with van der Waals surface area (Å²) in [6, 6.07) is 8.71. The SMILES string of the molecule is CC(=O)c1ccc(OCC(O)CSc2nnc(-c3ccoc3C)n2C)cc1. The van der Waals surface area contributed by atoms with Crippen LogP contribution in [0, 0.1) is 6.92 Å². The van der Waals surface area contributed by atoms with Crippen LogP contribution in [0.1, 0.15) is 23.0 Å². The van der Waals surface area contributed by atoms with Crippen LogP contribution in [0.25, 0.3) is 11.4 Å². The van der Waals surface area contributed by atoms with Gasteiger partial charge in [0.15, 0.2) is 16.8 Å². The standard InChI is InChI=1S/C19H21N3O4S/c1-12(23)14-4-6-16(7-5-14)26-10-15(24)11-27-19-21-20-18(22(19)3)17-8-9-25-13(17)2/h4-9,15,24H,10-11H2,1-3H3. The highest BCUT2D eigenvalue weighted by Crippen LogP contribution is 2.26. The van der Waals surface area contributed by atoms with E-state index in [2.05, 4.69) is 10.2 Å². The largest absolute Gasteiger partial charge is 0.491 e. The van der Waals surface area contributed by atoms with Crippen molar-refractivity contribution < 1.29 is 19.1 Å². The molecule has 2 aromatic heterocycles. The Morgan fingerprint density at radius 1 is 1.30 bits per heavy atom. The Kier molecular flexibility index (Phi) is 5.98. The molecule has 0 aliphatic carbocycles. The highest BCUT2D eigenvalue weighted by atomic mass is 32.2. The molecule has 0 bridgehead atoms. The van der Waals surface area contributed by atoms with Crippen LogP contribution in [0.3, 0.4) is 0 Å². The molecule has 1 atom stereocenters.